The summed E-state index contributed by atoms with van der Waals surface area (Å²) in [5, 5.41) is 3.27. The molecule has 0 aromatic carbocycles. The van der Waals surface area contributed by atoms with E-state index < -0.39 is 0 Å². The zero-order valence-corrected chi connectivity index (χ0v) is 12.0. The van der Waals surface area contributed by atoms with Crippen molar-refractivity contribution in [1.29, 1.82) is 0 Å². The van der Waals surface area contributed by atoms with E-state index in [1.54, 1.807) is 0 Å². The van der Waals surface area contributed by atoms with Crippen molar-refractivity contribution in [2.45, 2.75) is 39.7 Å². The van der Waals surface area contributed by atoms with Gasteiger partial charge in [-0.05, 0) is 33.1 Å². The van der Waals surface area contributed by atoms with Crippen molar-refractivity contribution < 1.29 is 4.74 Å². The van der Waals surface area contributed by atoms with Crippen LogP contribution in [0.25, 0.3) is 0 Å². The first-order valence-electron chi connectivity index (χ1n) is 7.28. The number of nitrogens with one attached hydrogen (secondary N) is 1. The van der Waals surface area contributed by atoms with Gasteiger partial charge in [-0.1, -0.05) is 0 Å². The minimum atomic E-state index is 0.483. The van der Waals surface area contributed by atoms with Gasteiger partial charge in [-0.2, -0.15) is 0 Å². The van der Waals surface area contributed by atoms with E-state index in [0.717, 1.165) is 37.1 Å². The van der Waals surface area contributed by atoms with Crippen LogP contribution in [0.15, 0.2) is 6.07 Å². The summed E-state index contributed by atoms with van der Waals surface area (Å²) in [6.07, 6.45) is 3.83. The van der Waals surface area contributed by atoms with Crippen LogP contribution in [-0.4, -0.2) is 36.2 Å². The van der Waals surface area contributed by atoms with Crippen LogP contribution in [-0.2, 0) is 11.3 Å². The van der Waals surface area contributed by atoms with E-state index in [9.17, 15) is 0 Å². The fourth-order valence-corrected chi connectivity index (χ4v) is 2.30. The van der Waals surface area contributed by atoms with Crippen LogP contribution in [0.5, 0.6) is 0 Å². The molecule has 1 aliphatic rings. The van der Waals surface area contributed by atoms with Crippen LogP contribution in [0, 0.1) is 0 Å². The molecule has 1 saturated heterocycles. The van der Waals surface area contributed by atoms with Crippen molar-refractivity contribution >= 4 is 11.6 Å². The SMILES string of the molecule is CCNc1cc(N2CCCCC2)nc(COCC)n1. The Bertz CT molecular complexity index is 391. The first-order valence-corrected chi connectivity index (χ1v) is 7.28. The number of rotatable bonds is 6. The molecule has 19 heavy (non-hydrogen) atoms. The minimum Gasteiger partial charge on any atom is -0.374 e. The number of aromatic nitrogens is 2. The van der Waals surface area contributed by atoms with Crippen molar-refractivity contribution in [2.75, 3.05) is 36.5 Å². The molecular weight excluding hydrogens is 240 g/mol. The summed E-state index contributed by atoms with van der Waals surface area (Å²) < 4.78 is 5.42. The summed E-state index contributed by atoms with van der Waals surface area (Å²) >= 11 is 0. The van der Waals surface area contributed by atoms with E-state index in [4.69, 9.17) is 4.74 Å². The van der Waals surface area contributed by atoms with E-state index in [1.807, 2.05) is 13.0 Å². The minimum absolute atomic E-state index is 0.483. The number of nitrogens with zero attached hydrogens (tertiary/aromatic N) is 3. The van der Waals surface area contributed by atoms with Gasteiger partial charge in [-0.25, -0.2) is 9.97 Å². The second kappa shape index (κ2) is 7.28. The van der Waals surface area contributed by atoms with Gasteiger partial charge in [0.05, 0.1) is 0 Å². The Morgan fingerprint density at radius 3 is 2.68 bits per heavy atom. The lowest BCUT2D eigenvalue weighted by atomic mass is 10.1. The molecule has 0 bridgehead atoms. The Kier molecular flexibility index (Phi) is 5.39. The molecule has 2 heterocycles. The van der Waals surface area contributed by atoms with Gasteiger partial charge in [0.15, 0.2) is 5.82 Å². The van der Waals surface area contributed by atoms with Gasteiger partial charge in [0.1, 0.15) is 18.2 Å². The normalized spacial score (nSPS) is 15.6. The zero-order chi connectivity index (χ0) is 13.5. The van der Waals surface area contributed by atoms with Gasteiger partial charge in [0.2, 0.25) is 0 Å². The Labute approximate surface area is 115 Å². The average Bonchev–Trinajstić information content (AvgIpc) is 2.46. The highest BCUT2D eigenvalue weighted by Crippen LogP contribution is 2.20. The summed E-state index contributed by atoms with van der Waals surface area (Å²) in [5.74, 6) is 2.69. The highest BCUT2D eigenvalue weighted by Gasteiger charge is 2.14. The number of hydrogen-bond acceptors (Lipinski definition) is 5. The van der Waals surface area contributed by atoms with E-state index in [1.165, 1.54) is 19.3 Å². The lowest BCUT2D eigenvalue weighted by Crippen LogP contribution is -2.30. The molecule has 1 aromatic heterocycles. The molecule has 1 aliphatic heterocycles. The third-order valence-electron chi connectivity index (χ3n) is 3.23. The maximum absolute atomic E-state index is 5.42. The Hall–Kier alpha value is -1.36. The van der Waals surface area contributed by atoms with Crippen LogP contribution in [0.2, 0.25) is 0 Å². The number of anilines is 2. The number of piperidine rings is 1. The third-order valence-corrected chi connectivity index (χ3v) is 3.23. The van der Waals surface area contributed by atoms with Crippen LogP contribution in [0.1, 0.15) is 38.9 Å². The van der Waals surface area contributed by atoms with E-state index in [2.05, 4.69) is 27.1 Å². The summed E-state index contributed by atoms with van der Waals surface area (Å²) in [6.45, 7) is 8.28. The predicted octanol–water partition coefficient (Wildman–Crippen LogP) is 2.44. The molecule has 0 saturated carbocycles. The Morgan fingerprint density at radius 2 is 2.00 bits per heavy atom. The van der Waals surface area contributed by atoms with Crippen molar-refractivity contribution in [3.8, 4) is 0 Å². The second-order valence-corrected chi connectivity index (χ2v) is 4.74. The molecular formula is C14H24N4O. The van der Waals surface area contributed by atoms with Gasteiger partial charge >= 0.3 is 0 Å². The van der Waals surface area contributed by atoms with Crippen molar-refractivity contribution in [1.82, 2.24) is 9.97 Å². The molecule has 0 radical (unpaired) electrons. The Morgan fingerprint density at radius 1 is 1.21 bits per heavy atom. The van der Waals surface area contributed by atoms with Gasteiger partial charge < -0.3 is 15.0 Å². The molecule has 0 atom stereocenters. The molecule has 2 rings (SSSR count). The quantitative estimate of drug-likeness (QED) is 0.855. The highest BCUT2D eigenvalue weighted by atomic mass is 16.5. The van der Waals surface area contributed by atoms with E-state index in [-0.39, 0.29) is 0 Å². The lowest BCUT2D eigenvalue weighted by Gasteiger charge is -2.28. The molecule has 0 unspecified atom stereocenters. The molecule has 1 N–H and O–H groups in total. The third kappa shape index (κ3) is 4.06. The lowest BCUT2D eigenvalue weighted by molar-refractivity contribution is 0.128. The molecule has 1 aromatic rings. The first kappa shape index (κ1) is 14.1. The van der Waals surface area contributed by atoms with Gasteiger partial charge in [-0.3, -0.25) is 0 Å². The van der Waals surface area contributed by atoms with Crippen LogP contribution >= 0.6 is 0 Å². The maximum atomic E-state index is 5.42. The molecule has 5 heteroatoms. The van der Waals surface area contributed by atoms with Crippen LogP contribution in [0.3, 0.4) is 0 Å². The predicted molar refractivity (Wildman–Crippen MR) is 77.6 cm³/mol. The average molecular weight is 264 g/mol. The fraction of sp³-hybridized carbons (Fsp3) is 0.714. The number of ether oxygens (including phenoxy) is 1. The molecule has 0 aliphatic carbocycles. The van der Waals surface area contributed by atoms with Crippen LogP contribution < -0.4 is 10.2 Å². The molecule has 1 fully saturated rings. The number of hydrogen-bond donors (Lipinski definition) is 1. The van der Waals surface area contributed by atoms with Crippen molar-refractivity contribution in [2.24, 2.45) is 0 Å². The zero-order valence-electron chi connectivity index (χ0n) is 12.0. The molecule has 106 valence electrons. The molecule has 5 nitrogen and oxygen atoms in total. The maximum Gasteiger partial charge on any atom is 0.158 e. The topological polar surface area (TPSA) is 50.3 Å². The first-order chi connectivity index (χ1) is 9.33. The van der Waals surface area contributed by atoms with Gasteiger partial charge in [0, 0.05) is 32.3 Å². The van der Waals surface area contributed by atoms with Crippen molar-refractivity contribution in [3.63, 3.8) is 0 Å². The summed E-state index contributed by atoms with van der Waals surface area (Å²) in [6, 6.07) is 2.05. The second-order valence-electron chi connectivity index (χ2n) is 4.74. The van der Waals surface area contributed by atoms with Gasteiger partial charge in [0.25, 0.3) is 0 Å². The molecule has 0 spiro atoms. The van der Waals surface area contributed by atoms with Crippen molar-refractivity contribution in [3.05, 3.63) is 11.9 Å². The summed E-state index contributed by atoms with van der Waals surface area (Å²) in [4.78, 5) is 11.5. The molecule has 0 amide bonds. The van der Waals surface area contributed by atoms with Crippen LogP contribution in [0.4, 0.5) is 11.6 Å². The summed E-state index contributed by atoms with van der Waals surface area (Å²) in [7, 11) is 0. The van der Waals surface area contributed by atoms with Gasteiger partial charge in [-0.15, -0.1) is 0 Å². The van der Waals surface area contributed by atoms with E-state index >= 15 is 0 Å². The monoisotopic (exact) mass is 264 g/mol. The Balaban J connectivity index is 2.17. The summed E-state index contributed by atoms with van der Waals surface area (Å²) in [5.41, 5.74) is 0. The fourth-order valence-electron chi connectivity index (χ4n) is 2.30. The smallest absolute Gasteiger partial charge is 0.158 e. The highest BCUT2D eigenvalue weighted by molar-refractivity contribution is 5.49. The largest absolute Gasteiger partial charge is 0.374 e. The standard InChI is InChI=1S/C14H24N4O/c1-3-15-12-10-14(18-8-6-5-7-9-18)17-13(16-12)11-19-4-2/h10H,3-9,11H2,1-2H3,(H,15,16,17). The van der Waals surface area contributed by atoms with E-state index in [0.29, 0.717) is 13.2 Å².